The number of hydrogen-bond donors (Lipinski definition) is 3. The molecule has 5 nitrogen and oxygen atoms in total. The molecule has 176 valence electrons. The summed E-state index contributed by atoms with van der Waals surface area (Å²) in [5.74, 6) is 1.43. The number of hydrogen-bond acceptors (Lipinski definition) is 4. The molecule has 1 saturated carbocycles. The van der Waals surface area contributed by atoms with Crippen LogP contribution in [0.1, 0.15) is 70.1 Å². The fourth-order valence-electron chi connectivity index (χ4n) is 4.86. The molecule has 2 heterocycles. The number of nitrogens with one attached hydrogen (secondary N) is 3. The zero-order chi connectivity index (χ0) is 23.4. The summed E-state index contributed by atoms with van der Waals surface area (Å²) in [6.45, 7) is 7.02. The number of aliphatic imine (C=N–C) groups is 1. The van der Waals surface area contributed by atoms with E-state index in [-0.39, 0.29) is 5.82 Å². The number of aromatic nitrogens is 2. The molecular weight excluding hydrogens is 523 g/mol. The molecule has 1 aliphatic carbocycles. The molecule has 0 bridgehead atoms. The van der Waals surface area contributed by atoms with Gasteiger partial charge in [-0.3, -0.25) is 4.99 Å². The van der Waals surface area contributed by atoms with E-state index in [1.165, 1.54) is 9.21 Å². The number of allylic oxidation sites excluding steroid dienone is 4. The molecule has 0 amide bonds. The van der Waals surface area contributed by atoms with Gasteiger partial charge in [-0.1, -0.05) is 26.0 Å². The van der Waals surface area contributed by atoms with Gasteiger partial charge in [-0.25, -0.2) is 0 Å². The maximum absolute atomic E-state index is 15.0. The molecular formula is C26H35FN5Sb. The Labute approximate surface area is 204 Å². The van der Waals surface area contributed by atoms with Crippen molar-refractivity contribution in [1.82, 2.24) is 13.7 Å². The van der Waals surface area contributed by atoms with Crippen LogP contribution >= 0.6 is 0 Å². The molecule has 2 atom stereocenters. The van der Waals surface area contributed by atoms with E-state index in [1.807, 2.05) is 19.1 Å². The fourth-order valence-corrected chi connectivity index (χ4v) is 8.98. The average Bonchev–Trinajstić information content (AvgIpc) is 3.55. The number of H-pyrrole nitrogens is 1. The molecule has 7 heteroatoms. The van der Waals surface area contributed by atoms with Crippen molar-refractivity contribution in [3.63, 3.8) is 0 Å². The summed E-state index contributed by atoms with van der Waals surface area (Å²) >= 11 is -1.63. The molecule has 3 N–H and O–H groups in total. The van der Waals surface area contributed by atoms with E-state index >= 15 is 4.39 Å². The van der Waals surface area contributed by atoms with Crippen molar-refractivity contribution < 1.29 is 4.39 Å². The van der Waals surface area contributed by atoms with Crippen LogP contribution < -0.4 is 12.3 Å². The molecule has 2 aliphatic rings. The number of rotatable bonds is 8. The van der Waals surface area contributed by atoms with Gasteiger partial charge < -0.3 is 0 Å². The number of anilines is 2. The third kappa shape index (κ3) is 5.43. The van der Waals surface area contributed by atoms with Crippen LogP contribution in [0, 0.1) is 11.7 Å². The second-order valence-electron chi connectivity index (χ2n) is 8.85. The van der Waals surface area contributed by atoms with Gasteiger partial charge in [-0.2, -0.15) is 0 Å². The van der Waals surface area contributed by atoms with Crippen molar-refractivity contribution in [3.05, 3.63) is 59.2 Å². The SMILES string of the molecule is C\C=C/C(CC)=N/C(=C/CC)C1CCC(c2cc(Nc3cc[c]4c(c3F)C[NH][Sb]4[CH3])n[nH]2)C1. The van der Waals surface area contributed by atoms with Gasteiger partial charge >= 0.3 is 142 Å². The molecule has 1 fully saturated rings. The summed E-state index contributed by atoms with van der Waals surface area (Å²) in [7, 11) is 0. The Hall–Kier alpha value is -1.91. The van der Waals surface area contributed by atoms with Gasteiger partial charge in [0.05, 0.1) is 0 Å². The monoisotopic (exact) mass is 557 g/mol. The van der Waals surface area contributed by atoms with Crippen LogP contribution in [0.4, 0.5) is 15.9 Å². The summed E-state index contributed by atoms with van der Waals surface area (Å²) < 4.78 is 19.7. The first-order valence-corrected chi connectivity index (χ1v) is 17.2. The summed E-state index contributed by atoms with van der Waals surface area (Å²) in [5.41, 5.74) is 4.82. The first kappa shape index (κ1) is 24.2. The van der Waals surface area contributed by atoms with Gasteiger partial charge in [0, 0.05) is 5.71 Å². The molecule has 0 spiro atoms. The number of benzene rings is 1. The first-order chi connectivity index (χ1) is 16.0. The number of nitrogens with zero attached hydrogens (tertiary/aromatic N) is 2. The van der Waals surface area contributed by atoms with Gasteiger partial charge in [0.25, 0.3) is 0 Å². The number of halogens is 1. The van der Waals surface area contributed by atoms with E-state index in [0.29, 0.717) is 29.9 Å². The second-order valence-corrected chi connectivity index (χ2v) is 14.3. The molecule has 33 heavy (non-hydrogen) atoms. The molecule has 1 aromatic carbocycles. The third-order valence-corrected chi connectivity index (χ3v) is 11.7. The molecule has 0 saturated heterocycles. The summed E-state index contributed by atoms with van der Waals surface area (Å²) in [6.07, 6.45) is 11.7. The molecule has 2 unspecified atom stereocenters. The second kappa shape index (κ2) is 11.0. The first-order valence-electron chi connectivity index (χ1n) is 12.0. The van der Waals surface area contributed by atoms with Crippen LogP contribution in [0.25, 0.3) is 0 Å². The number of aromatic amines is 1. The van der Waals surface area contributed by atoms with Crippen molar-refractivity contribution in [2.75, 3.05) is 5.32 Å². The Balaban J connectivity index is 1.45. The van der Waals surface area contributed by atoms with Crippen molar-refractivity contribution >= 4 is 41.2 Å². The fraction of sp³-hybridized carbons (Fsp3) is 0.462. The van der Waals surface area contributed by atoms with Gasteiger partial charge in [0.1, 0.15) is 0 Å². The maximum atomic E-state index is 15.0. The zero-order valence-electron chi connectivity index (χ0n) is 20.1. The van der Waals surface area contributed by atoms with Gasteiger partial charge in [-0.15, -0.1) is 0 Å². The Morgan fingerprint density at radius 2 is 2.18 bits per heavy atom. The average molecular weight is 558 g/mol. The molecule has 0 radical (unpaired) electrons. The van der Waals surface area contributed by atoms with E-state index in [0.717, 1.165) is 49.1 Å². The van der Waals surface area contributed by atoms with Gasteiger partial charge in [-0.05, 0) is 25.8 Å². The number of fused-ring (bicyclic) bond motifs is 1. The quantitative estimate of drug-likeness (QED) is 0.282. The Bertz CT molecular complexity index is 1070. The van der Waals surface area contributed by atoms with Crippen LogP contribution in [-0.2, 0) is 6.54 Å². The van der Waals surface area contributed by atoms with Crippen molar-refractivity contribution in [2.45, 2.75) is 70.2 Å². The van der Waals surface area contributed by atoms with Crippen molar-refractivity contribution in [1.29, 1.82) is 0 Å². The Kier molecular flexibility index (Phi) is 8.08. The van der Waals surface area contributed by atoms with Crippen LogP contribution in [0.15, 0.2) is 47.1 Å². The van der Waals surface area contributed by atoms with E-state index in [4.69, 9.17) is 4.99 Å². The Morgan fingerprint density at radius 3 is 2.94 bits per heavy atom. The molecule has 1 aliphatic heterocycles. The predicted molar refractivity (Wildman–Crippen MR) is 137 cm³/mol. The third-order valence-electron chi connectivity index (χ3n) is 6.63. The zero-order valence-corrected chi connectivity index (χ0v) is 22.6. The van der Waals surface area contributed by atoms with E-state index in [2.05, 4.69) is 62.0 Å². The Morgan fingerprint density at radius 1 is 1.33 bits per heavy atom. The minimum absolute atomic E-state index is 0.139. The summed E-state index contributed by atoms with van der Waals surface area (Å²) in [4.78, 5) is 7.24. The summed E-state index contributed by atoms with van der Waals surface area (Å²) in [5, 5.41) is 10.8. The molecule has 2 aromatic rings. The van der Waals surface area contributed by atoms with E-state index in [1.54, 1.807) is 0 Å². The normalized spacial score (nSPS) is 21.8. The standard InChI is InChI=1S/C25H32FN5.CH3.Sb/c1-4-8-20(6-3)28-21(9-5-2)17-12-13-18(14-17)23-15-24(31-30-23)29-22-11-7-10-19(16-27)25(22)26;;/h4,7-9,11,15,17-18,27H,5-6,12-14,16H2,1-3H3,(H2,29,30,31);1H3;/q-1;;+1/b8-4-,21-9+,28-20+;;. The molecule has 1 aromatic heterocycles. The van der Waals surface area contributed by atoms with Crippen LogP contribution in [0.2, 0.25) is 4.87 Å². The van der Waals surface area contributed by atoms with Crippen molar-refractivity contribution in [3.8, 4) is 0 Å². The summed E-state index contributed by atoms with van der Waals surface area (Å²) in [6, 6.07) is 5.98. The van der Waals surface area contributed by atoms with E-state index < -0.39 is 20.5 Å². The van der Waals surface area contributed by atoms with Crippen LogP contribution in [0.5, 0.6) is 0 Å². The topological polar surface area (TPSA) is 65.1 Å². The van der Waals surface area contributed by atoms with Crippen molar-refractivity contribution in [2.24, 2.45) is 10.9 Å². The van der Waals surface area contributed by atoms with Crippen LogP contribution in [0.3, 0.4) is 0 Å². The molecule has 4 rings (SSSR count). The van der Waals surface area contributed by atoms with Crippen LogP contribution in [-0.4, -0.2) is 36.4 Å². The minimum atomic E-state index is -1.63. The van der Waals surface area contributed by atoms with E-state index in [9.17, 15) is 0 Å². The van der Waals surface area contributed by atoms with Gasteiger partial charge in [0.15, 0.2) is 0 Å². The van der Waals surface area contributed by atoms with Gasteiger partial charge in [0.2, 0.25) is 0 Å². The predicted octanol–water partition coefficient (Wildman–Crippen LogP) is 5.83.